The van der Waals surface area contributed by atoms with Crippen molar-refractivity contribution in [2.24, 2.45) is 12.2 Å². The third-order valence-electron chi connectivity index (χ3n) is 4.88. The molecule has 3 aromatic rings. The Hall–Kier alpha value is -2.60. The highest BCUT2D eigenvalue weighted by Gasteiger charge is 2.26. The fourth-order valence-electron chi connectivity index (χ4n) is 3.50. The van der Waals surface area contributed by atoms with E-state index in [0.717, 1.165) is 46.8 Å². The molecule has 27 heavy (non-hydrogen) atoms. The molecule has 0 bridgehead atoms. The molecule has 1 unspecified atom stereocenters. The number of aryl methyl sites for hydroxylation is 2. The largest absolute Gasteiger partial charge is 0.390 e. The molecular weight excluding hydrogens is 362 g/mol. The first kappa shape index (κ1) is 17.8. The fourth-order valence-corrected chi connectivity index (χ4v) is 3.77. The summed E-state index contributed by atoms with van der Waals surface area (Å²) in [4.78, 5) is 10.3. The Bertz CT molecular complexity index is 989. The number of rotatable bonds is 5. The van der Waals surface area contributed by atoms with Gasteiger partial charge in [-0.1, -0.05) is 54.0 Å². The smallest absolute Gasteiger partial charge is 0.150 e. The van der Waals surface area contributed by atoms with Crippen molar-refractivity contribution >= 4 is 17.3 Å². The number of imidazole rings is 1. The predicted molar refractivity (Wildman–Crippen MR) is 107 cm³/mol. The summed E-state index contributed by atoms with van der Waals surface area (Å²) in [7, 11) is 1.85. The van der Waals surface area contributed by atoms with Gasteiger partial charge in [0.1, 0.15) is 5.15 Å². The lowest BCUT2D eigenvalue weighted by Gasteiger charge is -2.14. The molecule has 1 aliphatic heterocycles. The number of benzene rings is 1. The van der Waals surface area contributed by atoms with E-state index in [-0.39, 0.29) is 6.10 Å². The van der Waals surface area contributed by atoms with E-state index < -0.39 is 0 Å². The fraction of sp³-hybridized carbons (Fsp3) is 0.350. The average Bonchev–Trinajstić information content (AvgIpc) is 3.35. The molecule has 0 saturated carbocycles. The van der Waals surface area contributed by atoms with E-state index in [1.807, 2.05) is 38.5 Å². The molecule has 3 heterocycles. The van der Waals surface area contributed by atoms with E-state index in [1.165, 1.54) is 0 Å². The molecule has 0 amide bonds. The van der Waals surface area contributed by atoms with Crippen molar-refractivity contribution in [1.29, 1.82) is 0 Å². The van der Waals surface area contributed by atoms with E-state index >= 15 is 0 Å². The number of halogens is 1. The van der Waals surface area contributed by atoms with E-state index in [2.05, 4.69) is 33.9 Å². The molecule has 0 aliphatic carbocycles. The maximum atomic E-state index is 6.60. The average molecular weight is 384 g/mol. The molecule has 0 fully saturated rings. The highest BCUT2D eigenvalue weighted by molar-refractivity contribution is 6.32. The molecule has 0 spiro atoms. The Balaban J connectivity index is 1.79. The molecule has 1 aliphatic rings. The topological polar surface area (TPSA) is 57.2 Å². The first-order chi connectivity index (χ1) is 13.1. The van der Waals surface area contributed by atoms with Crippen LogP contribution in [-0.4, -0.2) is 31.1 Å². The summed E-state index contributed by atoms with van der Waals surface area (Å²) in [6, 6.07) is 10.1. The van der Waals surface area contributed by atoms with Gasteiger partial charge in [-0.3, -0.25) is 4.68 Å². The van der Waals surface area contributed by atoms with Crippen molar-refractivity contribution in [3.63, 3.8) is 0 Å². The normalized spacial score (nSPS) is 16.4. The quantitative estimate of drug-likeness (QED) is 0.653. The second-order valence-corrected chi connectivity index (χ2v) is 7.14. The molecule has 1 aromatic carbocycles. The van der Waals surface area contributed by atoms with Crippen molar-refractivity contribution in [1.82, 2.24) is 19.3 Å². The second kappa shape index (κ2) is 7.19. The Morgan fingerprint density at radius 2 is 2.04 bits per heavy atom. The highest BCUT2D eigenvalue weighted by Crippen LogP contribution is 2.37. The van der Waals surface area contributed by atoms with Gasteiger partial charge in [-0.05, 0) is 13.3 Å². The van der Waals surface area contributed by atoms with Gasteiger partial charge in [-0.25, -0.2) is 4.98 Å². The van der Waals surface area contributed by atoms with Crippen LogP contribution in [0, 0.1) is 6.92 Å². The highest BCUT2D eigenvalue weighted by atomic mass is 35.5. The van der Waals surface area contributed by atoms with Gasteiger partial charge in [0.15, 0.2) is 6.10 Å². The van der Waals surface area contributed by atoms with Gasteiger partial charge in [0.2, 0.25) is 0 Å². The van der Waals surface area contributed by atoms with Crippen LogP contribution in [0.2, 0.25) is 5.15 Å². The number of nitrogens with zero attached hydrogens (tertiary/aromatic N) is 5. The van der Waals surface area contributed by atoms with Crippen LogP contribution in [-0.2, 0) is 18.4 Å². The third kappa shape index (κ3) is 3.25. The van der Waals surface area contributed by atoms with Crippen molar-refractivity contribution < 1.29 is 4.84 Å². The van der Waals surface area contributed by atoms with Crippen LogP contribution in [0.5, 0.6) is 0 Å². The third-order valence-corrected chi connectivity index (χ3v) is 5.31. The Labute approximate surface area is 163 Å². The van der Waals surface area contributed by atoms with Crippen molar-refractivity contribution in [2.75, 3.05) is 0 Å². The molecule has 0 radical (unpaired) electrons. The van der Waals surface area contributed by atoms with Crippen molar-refractivity contribution in [3.05, 3.63) is 47.5 Å². The summed E-state index contributed by atoms with van der Waals surface area (Å²) in [6.07, 6.45) is 3.62. The van der Waals surface area contributed by atoms with Gasteiger partial charge in [-0.2, -0.15) is 5.10 Å². The molecule has 140 valence electrons. The van der Waals surface area contributed by atoms with Crippen molar-refractivity contribution in [2.45, 2.75) is 39.3 Å². The molecule has 6 nitrogen and oxygen atoms in total. The minimum atomic E-state index is 0.00674. The second-order valence-electron chi connectivity index (χ2n) is 6.78. The van der Waals surface area contributed by atoms with E-state index in [4.69, 9.17) is 21.4 Å². The molecule has 0 N–H and O–H groups in total. The zero-order chi connectivity index (χ0) is 19.0. The molecule has 0 saturated heterocycles. The van der Waals surface area contributed by atoms with Gasteiger partial charge in [0.25, 0.3) is 0 Å². The minimum Gasteiger partial charge on any atom is -0.390 e. The van der Waals surface area contributed by atoms with Gasteiger partial charge in [0.05, 0.1) is 41.2 Å². The number of hydrogen-bond donors (Lipinski definition) is 0. The lowest BCUT2D eigenvalue weighted by atomic mass is 10.0. The van der Waals surface area contributed by atoms with Gasteiger partial charge in [-0.15, -0.1) is 0 Å². The summed E-state index contributed by atoms with van der Waals surface area (Å²) in [5.74, 6) is 0. The van der Waals surface area contributed by atoms with E-state index in [1.54, 1.807) is 4.68 Å². The van der Waals surface area contributed by atoms with Crippen LogP contribution in [0.3, 0.4) is 0 Å². The summed E-state index contributed by atoms with van der Waals surface area (Å²) in [6.45, 7) is 4.73. The first-order valence-electron chi connectivity index (χ1n) is 9.10. The molecule has 1 atom stereocenters. The molecule has 7 heteroatoms. The molecular formula is C20H22ClN5O. The van der Waals surface area contributed by atoms with Gasteiger partial charge < -0.3 is 9.40 Å². The zero-order valence-corrected chi connectivity index (χ0v) is 16.4. The van der Waals surface area contributed by atoms with Crippen LogP contribution in [0.25, 0.3) is 22.5 Å². The Kier molecular flexibility index (Phi) is 4.74. The number of aromatic nitrogens is 4. The monoisotopic (exact) mass is 383 g/mol. The minimum absolute atomic E-state index is 0.00674. The van der Waals surface area contributed by atoms with E-state index in [0.29, 0.717) is 11.7 Å². The molecule has 2 aromatic heterocycles. The van der Waals surface area contributed by atoms with Crippen LogP contribution in [0.1, 0.15) is 25.5 Å². The van der Waals surface area contributed by atoms with Gasteiger partial charge in [0, 0.05) is 19.0 Å². The SMILES string of the molecule is CCC1=NOC(Cn2cnc(-c3ccccc3)c2-c2c(C)nn(C)c2Cl)C1. The number of hydrogen-bond acceptors (Lipinski definition) is 4. The standard InChI is InChI=1S/C20H22ClN5O/c1-4-15-10-16(27-24-15)11-26-12-22-18(14-8-6-5-7-9-14)19(26)17-13(2)23-25(3)20(17)21/h5-9,12,16H,4,10-11H2,1-3H3. The lowest BCUT2D eigenvalue weighted by molar-refractivity contribution is 0.0728. The van der Waals surface area contributed by atoms with Gasteiger partial charge >= 0.3 is 0 Å². The van der Waals surface area contributed by atoms with Crippen molar-refractivity contribution in [3.8, 4) is 22.5 Å². The maximum absolute atomic E-state index is 6.60. The predicted octanol–water partition coefficient (Wildman–Crippen LogP) is 4.47. The van der Waals surface area contributed by atoms with Crippen LogP contribution in [0.15, 0.2) is 41.8 Å². The lowest BCUT2D eigenvalue weighted by Crippen LogP contribution is -2.16. The van der Waals surface area contributed by atoms with E-state index in [9.17, 15) is 0 Å². The van der Waals surface area contributed by atoms with Crippen LogP contribution >= 0.6 is 11.6 Å². The Morgan fingerprint density at radius 1 is 1.26 bits per heavy atom. The number of oxime groups is 1. The van der Waals surface area contributed by atoms with Crippen LogP contribution in [0.4, 0.5) is 0 Å². The summed E-state index contributed by atoms with van der Waals surface area (Å²) >= 11 is 6.60. The first-order valence-corrected chi connectivity index (χ1v) is 9.47. The summed E-state index contributed by atoms with van der Waals surface area (Å²) in [5, 5.41) is 9.27. The Morgan fingerprint density at radius 3 is 2.67 bits per heavy atom. The summed E-state index contributed by atoms with van der Waals surface area (Å²) in [5.41, 5.74) is 5.78. The maximum Gasteiger partial charge on any atom is 0.150 e. The zero-order valence-electron chi connectivity index (χ0n) is 15.7. The van der Waals surface area contributed by atoms with Crippen LogP contribution < -0.4 is 0 Å². The summed E-state index contributed by atoms with van der Waals surface area (Å²) < 4.78 is 3.81. The molecule has 4 rings (SSSR count).